The first-order valence-corrected chi connectivity index (χ1v) is 7.81. The number of Topliss-reactive ketones (excluding diaryl/α,β-unsaturated/α-hetero) is 1. The van der Waals surface area contributed by atoms with Crippen LogP contribution in [-0.4, -0.2) is 5.78 Å². The van der Waals surface area contributed by atoms with Gasteiger partial charge >= 0.3 is 0 Å². The van der Waals surface area contributed by atoms with Gasteiger partial charge < -0.3 is 0 Å². The predicted molar refractivity (Wildman–Crippen MR) is 80.3 cm³/mol. The number of carbonyl (C=O) groups excluding carboxylic acids is 1. The number of benzene rings is 1. The lowest BCUT2D eigenvalue weighted by Gasteiger charge is -2.39. The molecular weight excluding hydrogens is 232 g/mol. The van der Waals surface area contributed by atoms with Gasteiger partial charge in [0.25, 0.3) is 0 Å². The van der Waals surface area contributed by atoms with E-state index in [-0.39, 0.29) is 5.41 Å². The Morgan fingerprint density at radius 3 is 2.47 bits per heavy atom. The van der Waals surface area contributed by atoms with Crippen LogP contribution in [0.25, 0.3) is 0 Å². The van der Waals surface area contributed by atoms with E-state index in [2.05, 4.69) is 38.1 Å². The van der Waals surface area contributed by atoms with Gasteiger partial charge in [-0.3, -0.25) is 4.79 Å². The first kappa shape index (κ1) is 14.3. The van der Waals surface area contributed by atoms with E-state index in [0.29, 0.717) is 11.7 Å². The normalized spacial score (nSPS) is 27.5. The summed E-state index contributed by atoms with van der Waals surface area (Å²) < 4.78 is 0. The van der Waals surface area contributed by atoms with Crippen LogP contribution in [0, 0.1) is 5.92 Å². The smallest absolute Gasteiger partial charge is 0.143 e. The summed E-state index contributed by atoms with van der Waals surface area (Å²) in [5, 5.41) is 0. The van der Waals surface area contributed by atoms with Gasteiger partial charge in [0.05, 0.1) is 5.41 Å². The maximum absolute atomic E-state index is 12.8. The van der Waals surface area contributed by atoms with Gasteiger partial charge in [0.1, 0.15) is 5.78 Å². The van der Waals surface area contributed by atoms with E-state index in [0.717, 1.165) is 25.7 Å². The molecule has 0 amide bonds. The molecule has 0 radical (unpaired) electrons. The quantitative estimate of drug-likeness (QED) is 0.734. The Kier molecular flexibility index (Phi) is 4.79. The minimum absolute atomic E-state index is 0.180. The van der Waals surface area contributed by atoms with Crippen LogP contribution in [0.2, 0.25) is 0 Å². The van der Waals surface area contributed by atoms with Crippen molar-refractivity contribution in [3.8, 4) is 0 Å². The molecule has 2 atom stereocenters. The molecule has 1 saturated carbocycles. The molecule has 0 saturated heterocycles. The van der Waals surface area contributed by atoms with E-state index in [9.17, 15) is 4.79 Å². The maximum atomic E-state index is 12.8. The molecule has 0 spiro atoms. The van der Waals surface area contributed by atoms with Crippen LogP contribution in [0.3, 0.4) is 0 Å². The fraction of sp³-hybridized carbons (Fsp3) is 0.611. The largest absolute Gasteiger partial charge is 0.299 e. The summed E-state index contributed by atoms with van der Waals surface area (Å²) in [5.41, 5.74) is 1.07. The average Bonchev–Trinajstić information content (AvgIpc) is 2.43. The maximum Gasteiger partial charge on any atom is 0.143 e. The van der Waals surface area contributed by atoms with Gasteiger partial charge in [-0.1, -0.05) is 63.4 Å². The molecule has 0 N–H and O–H groups in total. The van der Waals surface area contributed by atoms with Gasteiger partial charge in [0.15, 0.2) is 0 Å². The van der Waals surface area contributed by atoms with Crippen molar-refractivity contribution in [1.29, 1.82) is 0 Å². The Balaban J connectivity index is 2.24. The van der Waals surface area contributed by atoms with Gasteiger partial charge in [-0.15, -0.1) is 0 Å². The SMILES string of the molecule is CCCC1CCC(CCC)(c2ccccc2)C(=O)C1. The molecule has 1 nitrogen and oxygen atoms in total. The number of ketones is 1. The van der Waals surface area contributed by atoms with E-state index in [1.54, 1.807) is 0 Å². The molecule has 0 aromatic heterocycles. The second kappa shape index (κ2) is 6.36. The van der Waals surface area contributed by atoms with Crippen LogP contribution in [0.15, 0.2) is 30.3 Å². The minimum atomic E-state index is -0.180. The summed E-state index contributed by atoms with van der Waals surface area (Å²) in [6.07, 6.45) is 7.56. The van der Waals surface area contributed by atoms with E-state index in [4.69, 9.17) is 0 Å². The molecule has 0 aliphatic heterocycles. The lowest BCUT2D eigenvalue weighted by atomic mass is 9.63. The van der Waals surface area contributed by atoms with Crippen LogP contribution in [0.5, 0.6) is 0 Å². The van der Waals surface area contributed by atoms with Gasteiger partial charge in [0.2, 0.25) is 0 Å². The molecule has 1 aromatic carbocycles. The van der Waals surface area contributed by atoms with Crippen molar-refractivity contribution >= 4 is 5.78 Å². The van der Waals surface area contributed by atoms with Crippen LogP contribution in [-0.2, 0) is 10.2 Å². The molecule has 1 fully saturated rings. The lowest BCUT2D eigenvalue weighted by Crippen LogP contribution is -2.41. The van der Waals surface area contributed by atoms with E-state index < -0.39 is 0 Å². The molecular formula is C18H26O. The van der Waals surface area contributed by atoms with Crippen molar-refractivity contribution in [2.75, 3.05) is 0 Å². The third-order valence-corrected chi connectivity index (χ3v) is 4.69. The van der Waals surface area contributed by atoms with Gasteiger partial charge in [0, 0.05) is 6.42 Å². The van der Waals surface area contributed by atoms with Gasteiger partial charge in [-0.25, -0.2) is 0 Å². The molecule has 104 valence electrons. The second-order valence-corrected chi connectivity index (χ2v) is 6.02. The highest BCUT2D eigenvalue weighted by atomic mass is 16.1. The Morgan fingerprint density at radius 2 is 1.89 bits per heavy atom. The van der Waals surface area contributed by atoms with E-state index in [1.807, 2.05) is 6.07 Å². The standard InChI is InChI=1S/C18H26O/c1-3-8-15-11-13-18(12-4-2,17(19)14-15)16-9-6-5-7-10-16/h5-7,9-10,15H,3-4,8,11-14H2,1-2H3. The summed E-state index contributed by atoms with van der Waals surface area (Å²) >= 11 is 0. The minimum Gasteiger partial charge on any atom is -0.299 e. The van der Waals surface area contributed by atoms with Gasteiger partial charge in [-0.05, 0) is 30.7 Å². The van der Waals surface area contributed by atoms with Crippen molar-refractivity contribution in [2.45, 2.75) is 64.2 Å². The van der Waals surface area contributed by atoms with Crippen molar-refractivity contribution < 1.29 is 4.79 Å². The summed E-state index contributed by atoms with van der Waals surface area (Å²) in [7, 11) is 0. The van der Waals surface area contributed by atoms with Crippen molar-refractivity contribution in [1.82, 2.24) is 0 Å². The summed E-state index contributed by atoms with van der Waals surface area (Å²) in [6, 6.07) is 10.5. The second-order valence-electron chi connectivity index (χ2n) is 6.02. The van der Waals surface area contributed by atoms with Crippen LogP contribution < -0.4 is 0 Å². The van der Waals surface area contributed by atoms with E-state index in [1.165, 1.54) is 24.8 Å². The zero-order valence-electron chi connectivity index (χ0n) is 12.3. The van der Waals surface area contributed by atoms with Crippen molar-refractivity contribution in [3.63, 3.8) is 0 Å². The topological polar surface area (TPSA) is 17.1 Å². The Hall–Kier alpha value is -1.11. The number of hydrogen-bond donors (Lipinski definition) is 0. The average molecular weight is 258 g/mol. The summed E-state index contributed by atoms with van der Waals surface area (Å²) in [6.45, 7) is 4.41. The third-order valence-electron chi connectivity index (χ3n) is 4.69. The Bertz CT molecular complexity index is 409. The zero-order valence-corrected chi connectivity index (χ0v) is 12.3. The molecule has 1 aliphatic rings. The van der Waals surface area contributed by atoms with Crippen molar-refractivity contribution in [3.05, 3.63) is 35.9 Å². The van der Waals surface area contributed by atoms with Crippen LogP contribution in [0.1, 0.15) is 64.4 Å². The monoisotopic (exact) mass is 258 g/mol. The molecule has 1 heteroatoms. The van der Waals surface area contributed by atoms with E-state index >= 15 is 0 Å². The molecule has 1 aliphatic carbocycles. The lowest BCUT2D eigenvalue weighted by molar-refractivity contribution is -0.128. The molecule has 0 bridgehead atoms. The van der Waals surface area contributed by atoms with Crippen LogP contribution >= 0.6 is 0 Å². The number of rotatable bonds is 5. The highest BCUT2D eigenvalue weighted by Gasteiger charge is 2.42. The molecule has 19 heavy (non-hydrogen) atoms. The summed E-state index contributed by atoms with van der Waals surface area (Å²) in [5.74, 6) is 1.12. The Morgan fingerprint density at radius 1 is 1.16 bits per heavy atom. The molecule has 1 aromatic rings. The highest BCUT2D eigenvalue weighted by Crippen LogP contribution is 2.43. The molecule has 2 unspecified atom stereocenters. The molecule has 2 rings (SSSR count). The third kappa shape index (κ3) is 2.91. The number of hydrogen-bond acceptors (Lipinski definition) is 1. The van der Waals surface area contributed by atoms with Crippen molar-refractivity contribution in [2.24, 2.45) is 5.92 Å². The summed E-state index contributed by atoms with van der Waals surface area (Å²) in [4.78, 5) is 12.8. The van der Waals surface area contributed by atoms with Gasteiger partial charge in [-0.2, -0.15) is 0 Å². The predicted octanol–water partition coefficient (Wildman–Crippen LogP) is 4.89. The number of carbonyl (C=O) groups is 1. The first-order valence-electron chi connectivity index (χ1n) is 7.81. The first-order chi connectivity index (χ1) is 9.23. The molecule has 0 heterocycles. The zero-order chi connectivity index (χ0) is 13.7. The highest BCUT2D eigenvalue weighted by molar-refractivity contribution is 5.91. The fourth-order valence-corrected chi connectivity index (χ4v) is 3.70. The Labute approximate surface area is 117 Å². The fourth-order valence-electron chi connectivity index (χ4n) is 3.70. The van der Waals surface area contributed by atoms with Crippen LogP contribution in [0.4, 0.5) is 0 Å².